The molecule has 0 bridgehead atoms. The minimum absolute atomic E-state index is 0.101. The van der Waals surface area contributed by atoms with Crippen LogP contribution in [0.5, 0.6) is 0 Å². The number of carbonyl (C=O) groups is 2. The monoisotopic (exact) mass is 432 g/mol. The van der Waals surface area contributed by atoms with Crippen molar-refractivity contribution in [1.82, 2.24) is 9.99 Å². The third-order valence-electron chi connectivity index (χ3n) is 5.32. The molecule has 6 nitrogen and oxygen atoms in total. The largest absolute Gasteiger partial charge is 0.302 e. The van der Waals surface area contributed by atoms with Gasteiger partial charge >= 0.3 is 0 Å². The van der Waals surface area contributed by atoms with Crippen molar-refractivity contribution in [2.24, 2.45) is 5.10 Å². The number of nitrogens with zero attached hydrogens (tertiary/aromatic N) is 3. The zero-order valence-corrected chi connectivity index (χ0v) is 18.4. The fourth-order valence-electron chi connectivity index (χ4n) is 3.37. The number of carbonyl (C=O) groups excluding carboxylic acids is 2. The summed E-state index contributed by atoms with van der Waals surface area (Å²) in [5, 5.41) is 11.2. The number of amides is 2. The molecule has 0 atom stereocenters. The molecule has 0 fully saturated rings. The van der Waals surface area contributed by atoms with E-state index in [1.54, 1.807) is 0 Å². The van der Waals surface area contributed by atoms with Gasteiger partial charge in [-0.05, 0) is 36.6 Å². The van der Waals surface area contributed by atoms with Gasteiger partial charge in [-0.15, -0.1) is 11.3 Å². The zero-order chi connectivity index (χ0) is 21.8. The molecule has 31 heavy (non-hydrogen) atoms. The van der Waals surface area contributed by atoms with Crippen LogP contribution in [0.2, 0.25) is 0 Å². The summed E-state index contributed by atoms with van der Waals surface area (Å²) >= 11 is 1.38. The molecule has 0 radical (unpaired) electrons. The molecular weight excluding hydrogens is 408 g/mol. The maximum absolute atomic E-state index is 12.5. The summed E-state index contributed by atoms with van der Waals surface area (Å²) in [6.45, 7) is 4.69. The summed E-state index contributed by atoms with van der Waals surface area (Å²) in [6.07, 6.45) is 0.944. The zero-order valence-electron chi connectivity index (χ0n) is 17.6. The predicted molar refractivity (Wildman–Crippen MR) is 124 cm³/mol. The Balaban J connectivity index is 1.30. The molecule has 7 heteroatoms. The number of benzene rings is 2. The number of anilines is 1. The fourth-order valence-corrected chi connectivity index (χ4v) is 4.10. The van der Waals surface area contributed by atoms with Gasteiger partial charge in [0.2, 0.25) is 11.8 Å². The van der Waals surface area contributed by atoms with E-state index >= 15 is 0 Å². The van der Waals surface area contributed by atoms with Crippen LogP contribution in [-0.2, 0) is 9.59 Å². The topological polar surface area (TPSA) is 74.7 Å². The fraction of sp³-hybridized carbons (Fsp3) is 0.250. The predicted octanol–water partition coefficient (Wildman–Crippen LogP) is 4.78. The molecule has 0 spiro atoms. The molecule has 2 aromatic carbocycles. The Morgan fingerprint density at radius 3 is 2.61 bits per heavy atom. The maximum Gasteiger partial charge on any atom is 0.243 e. The van der Waals surface area contributed by atoms with Gasteiger partial charge in [0, 0.05) is 30.2 Å². The number of aromatic nitrogens is 1. The lowest BCUT2D eigenvalue weighted by atomic mass is 10.1. The molecule has 1 N–H and O–H groups in total. The minimum atomic E-state index is -0.221. The Morgan fingerprint density at radius 2 is 1.84 bits per heavy atom. The van der Waals surface area contributed by atoms with Crippen molar-refractivity contribution in [3.63, 3.8) is 0 Å². The average Bonchev–Trinajstić information content (AvgIpc) is 3.45. The summed E-state index contributed by atoms with van der Waals surface area (Å²) in [4.78, 5) is 29.3. The Kier molecular flexibility index (Phi) is 6.23. The van der Waals surface area contributed by atoms with Gasteiger partial charge in [0.05, 0.1) is 18.0 Å². The van der Waals surface area contributed by atoms with Gasteiger partial charge in [0.1, 0.15) is 0 Å². The number of rotatable bonds is 6. The highest BCUT2D eigenvalue weighted by Gasteiger charge is 2.22. The van der Waals surface area contributed by atoms with Crippen molar-refractivity contribution in [3.05, 3.63) is 70.6 Å². The highest BCUT2D eigenvalue weighted by atomic mass is 32.1. The minimum Gasteiger partial charge on any atom is -0.302 e. The summed E-state index contributed by atoms with van der Waals surface area (Å²) in [7, 11) is 0. The number of nitrogens with one attached hydrogen (secondary N) is 1. The maximum atomic E-state index is 12.5. The highest BCUT2D eigenvalue weighted by Crippen LogP contribution is 2.26. The molecule has 0 aliphatic carbocycles. The van der Waals surface area contributed by atoms with Crippen LogP contribution in [0.3, 0.4) is 0 Å². The molecule has 0 saturated heterocycles. The molecule has 158 valence electrons. The third kappa shape index (κ3) is 5.06. The average molecular weight is 433 g/mol. The van der Waals surface area contributed by atoms with Gasteiger partial charge in [-0.2, -0.15) is 5.10 Å². The van der Waals surface area contributed by atoms with Gasteiger partial charge in [0.15, 0.2) is 5.13 Å². The van der Waals surface area contributed by atoms with E-state index in [0.717, 1.165) is 29.0 Å². The molecule has 3 aromatic rings. The van der Waals surface area contributed by atoms with Crippen LogP contribution in [0.15, 0.2) is 59.0 Å². The SMILES string of the molecule is Cc1ccc(-c2csc(NC(=O)CCC(=O)N3CCC(c4ccccc4)=N3)n2)cc1C. The first kappa shape index (κ1) is 20.9. The van der Waals surface area contributed by atoms with E-state index in [4.69, 9.17) is 0 Å². The van der Waals surface area contributed by atoms with Crippen LogP contribution in [-0.4, -0.2) is 34.1 Å². The standard InChI is InChI=1S/C24H24N4O2S/c1-16-8-9-19(14-17(16)2)21-15-31-24(25-21)26-22(29)10-11-23(30)28-13-12-20(27-28)18-6-4-3-5-7-18/h3-9,14-15H,10-13H2,1-2H3,(H,25,26,29). The van der Waals surface area contributed by atoms with Crippen molar-refractivity contribution >= 4 is 34.0 Å². The van der Waals surface area contributed by atoms with E-state index in [9.17, 15) is 9.59 Å². The quantitative estimate of drug-likeness (QED) is 0.609. The number of aryl methyl sites for hydroxylation is 2. The smallest absolute Gasteiger partial charge is 0.243 e. The summed E-state index contributed by atoms with van der Waals surface area (Å²) < 4.78 is 0. The first-order chi connectivity index (χ1) is 15.0. The van der Waals surface area contributed by atoms with Gasteiger partial charge in [-0.25, -0.2) is 9.99 Å². The molecule has 1 aromatic heterocycles. The van der Waals surface area contributed by atoms with Crippen LogP contribution in [0.25, 0.3) is 11.3 Å². The second-order valence-corrected chi connectivity index (χ2v) is 8.42. The van der Waals surface area contributed by atoms with E-state index in [-0.39, 0.29) is 24.7 Å². The molecule has 1 aliphatic heterocycles. The van der Waals surface area contributed by atoms with Crippen LogP contribution in [0.4, 0.5) is 5.13 Å². The van der Waals surface area contributed by atoms with Gasteiger partial charge < -0.3 is 5.32 Å². The van der Waals surface area contributed by atoms with E-state index in [1.165, 1.54) is 27.5 Å². The van der Waals surface area contributed by atoms with Gasteiger partial charge in [0.25, 0.3) is 0 Å². The lowest BCUT2D eigenvalue weighted by molar-refractivity contribution is -0.132. The summed E-state index contributed by atoms with van der Waals surface area (Å²) in [6, 6.07) is 16.0. The van der Waals surface area contributed by atoms with Crippen LogP contribution in [0, 0.1) is 13.8 Å². The number of hydrogen-bond donors (Lipinski definition) is 1. The number of hydrazone groups is 1. The molecule has 0 unspecified atom stereocenters. The molecule has 0 saturated carbocycles. The van der Waals surface area contributed by atoms with Crippen molar-refractivity contribution in [2.45, 2.75) is 33.1 Å². The lowest BCUT2D eigenvalue weighted by Crippen LogP contribution is -2.24. The van der Waals surface area contributed by atoms with Crippen molar-refractivity contribution in [1.29, 1.82) is 0 Å². The molecule has 1 aliphatic rings. The Hall–Kier alpha value is -3.32. The molecule has 2 amide bonds. The Labute approximate surface area is 185 Å². The van der Waals surface area contributed by atoms with E-state index in [0.29, 0.717) is 11.7 Å². The second-order valence-electron chi connectivity index (χ2n) is 7.56. The van der Waals surface area contributed by atoms with Crippen LogP contribution >= 0.6 is 11.3 Å². The van der Waals surface area contributed by atoms with Crippen molar-refractivity contribution in [2.75, 3.05) is 11.9 Å². The normalized spacial score (nSPS) is 13.2. The molecule has 2 heterocycles. The third-order valence-corrected chi connectivity index (χ3v) is 6.07. The van der Waals surface area contributed by atoms with Crippen molar-refractivity contribution < 1.29 is 9.59 Å². The number of hydrogen-bond acceptors (Lipinski definition) is 5. The van der Waals surface area contributed by atoms with E-state index < -0.39 is 0 Å². The summed E-state index contributed by atoms with van der Waals surface area (Å²) in [5.41, 5.74) is 6.22. The van der Waals surface area contributed by atoms with E-state index in [2.05, 4.69) is 41.4 Å². The summed E-state index contributed by atoms with van der Waals surface area (Å²) in [5.74, 6) is -0.364. The number of thiazole rings is 1. The first-order valence-corrected chi connectivity index (χ1v) is 11.1. The van der Waals surface area contributed by atoms with Crippen molar-refractivity contribution in [3.8, 4) is 11.3 Å². The van der Waals surface area contributed by atoms with E-state index in [1.807, 2.05) is 41.8 Å². The highest BCUT2D eigenvalue weighted by molar-refractivity contribution is 7.14. The Bertz CT molecular complexity index is 1140. The van der Waals surface area contributed by atoms with Crippen LogP contribution in [0.1, 0.15) is 36.0 Å². The Morgan fingerprint density at radius 1 is 1.03 bits per heavy atom. The first-order valence-electron chi connectivity index (χ1n) is 10.3. The lowest BCUT2D eigenvalue weighted by Gasteiger charge is -2.10. The molecular formula is C24H24N4O2S. The van der Waals surface area contributed by atoms with Crippen LogP contribution < -0.4 is 5.32 Å². The second kappa shape index (κ2) is 9.22. The molecule has 4 rings (SSSR count). The van der Waals surface area contributed by atoms with Gasteiger partial charge in [-0.3, -0.25) is 9.59 Å². The van der Waals surface area contributed by atoms with Gasteiger partial charge in [-0.1, -0.05) is 42.5 Å².